The fourth-order valence-electron chi connectivity index (χ4n) is 2.62. The Labute approximate surface area is 157 Å². The third-order valence-electron chi connectivity index (χ3n) is 4.28. The van der Waals surface area contributed by atoms with E-state index in [4.69, 9.17) is 9.26 Å². The van der Waals surface area contributed by atoms with E-state index < -0.39 is 0 Å². The second-order valence-electron chi connectivity index (χ2n) is 6.43. The minimum atomic E-state index is -0.365. The van der Waals surface area contributed by atoms with Gasteiger partial charge in [0.25, 0.3) is 5.91 Å². The van der Waals surface area contributed by atoms with Crippen LogP contribution in [0.25, 0.3) is 0 Å². The van der Waals surface area contributed by atoms with E-state index in [1.54, 1.807) is 19.1 Å². The molecule has 2 aromatic carbocycles. The van der Waals surface area contributed by atoms with Crippen LogP contribution >= 0.6 is 0 Å². The van der Waals surface area contributed by atoms with E-state index in [1.807, 2.05) is 32.0 Å². The number of rotatable bonds is 6. The van der Waals surface area contributed by atoms with Gasteiger partial charge >= 0.3 is 0 Å². The van der Waals surface area contributed by atoms with Crippen LogP contribution in [0.2, 0.25) is 0 Å². The Morgan fingerprint density at radius 1 is 1.15 bits per heavy atom. The Morgan fingerprint density at radius 2 is 1.89 bits per heavy atom. The number of aryl methyl sites for hydroxylation is 3. The van der Waals surface area contributed by atoms with Crippen LogP contribution in [0.3, 0.4) is 0 Å². The van der Waals surface area contributed by atoms with Crippen molar-refractivity contribution in [3.8, 4) is 5.75 Å². The zero-order chi connectivity index (χ0) is 19.4. The molecule has 1 N–H and O–H groups in total. The molecule has 6 heteroatoms. The molecule has 140 valence electrons. The average Bonchev–Trinajstić information content (AvgIpc) is 3.02. The Kier molecular flexibility index (Phi) is 5.54. The molecule has 0 aliphatic carbocycles. The van der Waals surface area contributed by atoms with Gasteiger partial charge in [0.05, 0.1) is 5.56 Å². The van der Waals surface area contributed by atoms with E-state index in [0.29, 0.717) is 11.3 Å². The first-order chi connectivity index (χ1) is 12.9. The van der Waals surface area contributed by atoms with Gasteiger partial charge in [0, 0.05) is 6.54 Å². The lowest BCUT2D eigenvalue weighted by molar-refractivity contribution is 0.0939. The predicted molar refractivity (Wildman–Crippen MR) is 99.1 cm³/mol. The number of aromatic nitrogens is 1. The second kappa shape index (κ2) is 8.03. The third kappa shape index (κ3) is 4.53. The van der Waals surface area contributed by atoms with Gasteiger partial charge in [0.2, 0.25) is 0 Å². The molecular weight excluding hydrogens is 347 g/mol. The minimum absolute atomic E-state index is 0.179. The molecule has 0 saturated carbocycles. The summed E-state index contributed by atoms with van der Waals surface area (Å²) in [5.41, 5.74) is 3.69. The molecular formula is C21H21FN2O3. The van der Waals surface area contributed by atoms with E-state index in [-0.39, 0.29) is 30.6 Å². The molecule has 5 nitrogen and oxygen atoms in total. The third-order valence-corrected chi connectivity index (χ3v) is 4.28. The molecule has 0 spiro atoms. The first kappa shape index (κ1) is 18.6. The highest BCUT2D eigenvalue weighted by atomic mass is 19.1. The van der Waals surface area contributed by atoms with Crippen LogP contribution in [0.4, 0.5) is 4.39 Å². The maximum atomic E-state index is 13.0. The highest BCUT2D eigenvalue weighted by Crippen LogP contribution is 2.22. The molecule has 0 bridgehead atoms. The molecule has 0 saturated heterocycles. The van der Waals surface area contributed by atoms with Gasteiger partial charge in [-0.05, 0) is 55.7 Å². The van der Waals surface area contributed by atoms with Crippen molar-refractivity contribution in [1.82, 2.24) is 10.5 Å². The van der Waals surface area contributed by atoms with Crippen molar-refractivity contribution in [2.75, 3.05) is 0 Å². The quantitative estimate of drug-likeness (QED) is 0.706. The number of hydrogen-bond donors (Lipinski definition) is 1. The smallest absolute Gasteiger partial charge is 0.274 e. The average molecular weight is 368 g/mol. The highest BCUT2D eigenvalue weighted by Gasteiger charge is 2.20. The standard InChI is InChI=1S/C21H21FN2O3/c1-13-4-5-14(2)19(10-13)26-12-18-15(3)27-24-20(18)21(25)23-11-16-6-8-17(22)9-7-16/h4-10H,11-12H2,1-3H3,(H,23,25). The number of ether oxygens (including phenoxy) is 1. The number of amides is 1. The van der Waals surface area contributed by atoms with Gasteiger partial charge in [-0.3, -0.25) is 4.79 Å². The van der Waals surface area contributed by atoms with Crippen molar-refractivity contribution in [1.29, 1.82) is 0 Å². The van der Waals surface area contributed by atoms with Gasteiger partial charge in [0.1, 0.15) is 23.9 Å². The number of nitrogens with zero attached hydrogens (tertiary/aromatic N) is 1. The minimum Gasteiger partial charge on any atom is -0.488 e. The lowest BCUT2D eigenvalue weighted by Gasteiger charge is -2.10. The van der Waals surface area contributed by atoms with E-state index in [1.165, 1.54) is 12.1 Å². The lowest BCUT2D eigenvalue weighted by atomic mass is 10.1. The van der Waals surface area contributed by atoms with E-state index in [2.05, 4.69) is 10.5 Å². The Morgan fingerprint density at radius 3 is 2.63 bits per heavy atom. The Balaban J connectivity index is 1.69. The molecule has 0 aliphatic rings. The molecule has 3 aromatic rings. The first-order valence-electron chi connectivity index (χ1n) is 8.62. The van der Waals surface area contributed by atoms with Gasteiger partial charge in [-0.1, -0.05) is 29.4 Å². The number of hydrogen-bond acceptors (Lipinski definition) is 4. The van der Waals surface area contributed by atoms with Crippen molar-refractivity contribution in [3.05, 3.63) is 82.0 Å². The molecule has 27 heavy (non-hydrogen) atoms. The van der Waals surface area contributed by atoms with Crippen LogP contribution in [0, 0.1) is 26.6 Å². The topological polar surface area (TPSA) is 64.4 Å². The number of halogens is 1. The lowest BCUT2D eigenvalue weighted by Crippen LogP contribution is -2.24. The fraction of sp³-hybridized carbons (Fsp3) is 0.238. The second-order valence-corrected chi connectivity index (χ2v) is 6.43. The normalized spacial score (nSPS) is 10.7. The van der Waals surface area contributed by atoms with Gasteiger partial charge in [-0.2, -0.15) is 0 Å². The van der Waals surface area contributed by atoms with Crippen molar-refractivity contribution in [2.45, 2.75) is 33.9 Å². The number of carbonyl (C=O) groups is 1. The number of benzene rings is 2. The van der Waals surface area contributed by atoms with Gasteiger partial charge in [-0.15, -0.1) is 0 Å². The summed E-state index contributed by atoms with van der Waals surface area (Å²) in [4.78, 5) is 12.5. The maximum absolute atomic E-state index is 13.0. The highest BCUT2D eigenvalue weighted by molar-refractivity contribution is 5.93. The first-order valence-corrected chi connectivity index (χ1v) is 8.62. The summed E-state index contributed by atoms with van der Waals surface area (Å²) in [6.45, 7) is 6.14. The van der Waals surface area contributed by atoms with E-state index >= 15 is 0 Å². The van der Waals surface area contributed by atoms with Crippen LogP contribution in [0.15, 0.2) is 47.0 Å². The molecule has 1 amide bonds. The summed E-state index contributed by atoms with van der Waals surface area (Å²) < 4.78 is 24.0. The summed E-state index contributed by atoms with van der Waals surface area (Å²) in [5, 5.41) is 6.63. The van der Waals surface area contributed by atoms with Crippen molar-refractivity contribution in [2.24, 2.45) is 0 Å². The van der Waals surface area contributed by atoms with Gasteiger partial charge < -0.3 is 14.6 Å². The molecule has 0 aliphatic heterocycles. The summed E-state index contributed by atoms with van der Waals surface area (Å²) in [6, 6.07) is 11.9. The fourth-order valence-corrected chi connectivity index (χ4v) is 2.62. The molecule has 0 atom stereocenters. The monoisotopic (exact) mass is 368 g/mol. The maximum Gasteiger partial charge on any atom is 0.274 e. The zero-order valence-electron chi connectivity index (χ0n) is 15.5. The zero-order valence-corrected chi connectivity index (χ0v) is 15.5. The van der Waals surface area contributed by atoms with Crippen molar-refractivity contribution < 1.29 is 18.4 Å². The predicted octanol–water partition coefficient (Wildman–Crippen LogP) is 4.25. The number of nitrogens with one attached hydrogen (secondary N) is 1. The van der Waals surface area contributed by atoms with Crippen LogP contribution in [-0.4, -0.2) is 11.1 Å². The molecule has 0 unspecified atom stereocenters. The van der Waals surface area contributed by atoms with Crippen LogP contribution in [0.1, 0.15) is 38.5 Å². The van der Waals surface area contributed by atoms with Crippen LogP contribution in [0.5, 0.6) is 5.75 Å². The molecule has 1 heterocycles. The number of carbonyl (C=O) groups excluding carboxylic acids is 1. The van der Waals surface area contributed by atoms with Crippen LogP contribution in [-0.2, 0) is 13.2 Å². The largest absolute Gasteiger partial charge is 0.488 e. The summed E-state index contributed by atoms with van der Waals surface area (Å²) in [6.07, 6.45) is 0. The SMILES string of the molecule is Cc1ccc(C)c(OCc2c(C(=O)NCc3ccc(F)cc3)noc2C)c1. The molecule has 3 rings (SSSR count). The molecule has 1 aromatic heterocycles. The molecule has 0 fully saturated rings. The van der Waals surface area contributed by atoms with Crippen molar-refractivity contribution >= 4 is 5.91 Å². The Hall–Kier alpha value is -3.15. The van der Waals surface area contributed by atoms with Crippen molar-refractivity contribution in [3.63, 3.8) is 0 Å². The van der Waals surface area contributed by atoms with Crippen LogP contribution < -0.4 is 10.1 Å². The van der Waals surface area contributed by atoms with Gasteiger partial charge in [0.15, 0.2) is 5.69 Å². The molecule has 0 radical (unpaired) electrons. The van der Waals surface area contributed by atoms with E-state index in [9.17, 15) is 9.18 Å². The Bertz CT molecular complexity index is 949. The van der Waals surface area contributed by atoms with Gasteiger partial charge in [-0.25, -0.2) is 4.39 Å². The summed E-state index contributed by atoms with van der Waals surface area (Å²) >= 11 is 0. The summed E-state index contributed by atoms with van der Waals surface area (Å²) in [7, 11) is 0. The summed E-state index contributed by atoms with van der Waals surface area (Å²) in [5.74, 6) is 0.610. The van der Waals surface area contributed by atoms with E-state index in [0.717, 1.165) is 22.4 Å².